The number of rotatable bonds is 4. The van der Waals surface area contributed by atoms with Crippen LogP contribution in [0.3, 0.4) is 0 Å². The van der Waals surface area contributed by atoms with E-state index in [0.717, 1.165) is 17.3 Å². The van der Waals surface area contributed by atoms with E-state index in [9.17, 15) is 9.90 Å². The molecule has 0 saturated heterocycles. The number of hydrogen-bond acceptors (Lipinski definition) is 6. The summed E-state index contributed by atoms with van der Waals surface area (Å²) in [6, 6.07) is 16.5. The molecule has 0 aliphatic rings. The molecule has 3 aromatic carbocycles. The highest BCUT2D eigenvalue weighted by Crippen LogP contribution is 2.36. The number of aromatic hydroxyl groups is 1. The monoisotopic (exact) mass is 453 g/mol. The van der Waals surface area contributed by atoms with E-state index in [4.69, 9.17) is 32.4 Å². The van der Waals surface area contributed by atoms with Gasteiger partial charge < -0.3 is 19.6 Å². The first-order chi connectivity index (χ1) is 15.0. The van der Waals surface area contributed by atoms with E-state index < -0.39 is 5.63 Å². The van der Waals surface area contributed by atoms with Crippen molar-refractivity contribution in [2.45, 2.75) is 0 Å². The fourth-order valence-corrected chi connectivity index (χ4v) is 3.83. The number of nitrogens with one attached hydrogen (secondary N) is 2. The summed E-state index contributed by atoms with van der Waals surface area (Å²) in [4.78, 5) is 11.6. The first-order valence-electron chi connectivity index (χ1n) is 9.11. The highest BCUT2D eigenvalue weighted by Gasteiger charge is 2.14. The Kier molecular flexibility index (Phi) is 4.69. The lowest BCUT2D eigenvalue weighted by Gasteiger charge is -2.10. The molecule has 31 heavy (non-hydrogen) atoms. The first-order valence-corrected chi connectivity index (χ1v) is 9.87. The first kappa shape index (κ1) is 19.3. The van der Waals surface area contributed by atoms with Crippen LogP contribution in [0.5, 0.6) is 17.4 Å². The van der Waals surface area contributed by atoms with Crippen molar-refractivity contribution in [2.24, 2.45) is 0 Å². The van der Waals surface area contributed by atoms with Crippen LogP contribution in [0.1, 0.15) is 0 Å². The lowest BCUT2D eigenvalue weighted by Crippen LogP contribution is -1.96. The van der Waals surface area contributed by atoms with Gasteiger partial charge in [-0.05, 0) is 42.5 Å². The van der Waals surface area contributed by atoms with Crippen LogP contribution in [-0.4, -0.2) is 15.3 Å². The summed E-state index contributed by atoms with van der Waals surface area (Å²) in [6.07, 6.45) is 0. The molecule has 9 heteroatoms. The van der Waals surface area contributed by atoms with Crippen molar-refractivity contribution in [3.8, 4) is 17.4 Å². The number of anilines is 2. The molecule has 0 bridgehead atoms. The zero-order valence-electron chi connectivity index (χ0n) is 15.6. The number of H-pyrrole nitrogens is 1. The molecule has 0 aliphatic heterocycles. The molecule has 5 rings (SSSR count). The maximum Gasteiger partial charge on any atom is 0.339 e. The van der Waals surface area contributed by atoms with Crippen molar-refractivity contribution in [2.75, 3.05) is 5.32 Å². The average molecular weight is 454 g/mol. The molecular formula is C22H13Cl2N3O4. The Balaban J connectivity index is 1.55. The van der Waals surface area contributed by atoms with E-state index in [1.165, 1.54) is 6.07 Å². The standard InChI is InChI=1S/C22H13Cl2N3O4/c23-11-6-12(24)8-13(7-11)25-16-2-1-3-17-21(16)22(27-26-17)30-14-4-5-15-18(28)10-20(29)31-19(15)9-14/h1-10,25,28H,(H,26,27). The Morgan fingerprint density at radius 1 is 1.03 bits per heavy atom. The Morgan fingerprint density at radius 2 is 1.84 bits per heavy atom. The Morgan fingerprint density at radius 3 is 2.65 bits per heavy atom. The summed E-state index contributed by atoms with van der Waals surface area (Å²) < 4.78 is 11.1. The quantitative estimate of drug-likeness (QED) is 0.279. The average Bonchev–Trinajstić information content (AvgIpc) is 3.10. The van der Waals surface area contributed by atoms with Gasteiger partial charge in [-0.3, -0.25) is 5.10 Å². The fraction of sp³-hybridized carbons (Fsp3) is 0. The number of halogens is 2. The minimum absolute atomic E-state index is 0.158. The highest BCUT2D eigenvalue weighted by molar-refractivity contribution is 6.35. The normalized spacial score (nSPS) is 11.2. The number of fused-ring (bicyclic) bond motifs is 2. The Hall–Kier alpha value is -3.68. The zero-order valence-corrected chi connectivity index (χ0v) is 17.2. The number of nitrogens with zero attached hydrogens (tertiary/aromatic N) is 1. The van der Waals surface area contributed by atoms with Gasteiger partial charge in [0.05, 0.1) is 28.0 Å². The van der Waals surface area contributed by atoms with E-state index in [0.29, 0.717) is 38.1 Å². The lowest BCUT2D eigenvalue weighted by molar-refractivity contribution is 0.459. The van der Waals surface area contributed by atoms with Gasteiger partial charge >= 0.3 is 5.63 Å². The lowest BCUT2D eigenvalue weighted by atomic mass is 10.2. The maximum atomic E-state index is 11.6. The Labute approximate surface area is 184 Å². The van der Waals surface area contributed by atoms with Crippen molar-refractivity contribution in [1.29, 1.82) is 0 Å². The van der Waals surface area contributed by atoms with Crippen LogP contribution in [0.2, 0.25) is 10.0 Å². The second-order valence-corrected chi connectivity index (χ2v) is 7.62. The molecule has 7 nitrogen and oxygen atoms in total. The van der Waals surface area contributed by atoms with Gasteiger partial charge in [0.25, 0.3) is 0 Å². The van der Waals surface area contributed by atoms with E-state index >= 15 is 0 Å². The zero-order chi connectivity index (χ0) is 21.5. The van der Waals surface area contributed by atoms with Gasteiger partial charge in [0, 0.05) is 21.8 Å². The summed E-state index contributed by atoms with van der Waals surface area (Å²) in [6.45, 7) is 0. The minimum atomic E-state index is -0.654. The van der Waals surface area contributed by atoms with Crippen molar-refractivity contribution in [3.63, 3.8) is 0 Å². The van der Waals surface area contributed by atoms with Crippen molar-refractivity contribution < 1.29 is 14.3 Å². The summed E-state index contributed by atoms with van der Waals surface area (Å²) >= 11 is 12.2. The van der Waals surface area contributed by atoms with Crippen LogP contribution < -0.4 is 15.7 Å². The summed E-state index contributed by atoms with van der Waals surface area (Å²) in [7, 11) is 0. The largest absolute Gasteiger partial charge is 0.507 e. The van der Waals surface area contributed by atoms with Crippen molar-refractivity contribution in [1.82, 2.24) is 10.2 Å². The molecule has 0 spiro atoms. The van der Waals surface area contributed by atoms with Crippen LogP contribution in [0, 0.1) is 0 Å². The van der Waals surface area contributed by atoms with E-state index in [1.807, 2.05) is 18.2 Å². The molecule has 0 aliphatic carbocycles. The second-order valence-electron chi connectivity index (χ2n) is 6.75. The molecule has 3 N–H and O–H groups in total. The van der Waals surface area contributed by atoms with Gasteiger partial charge in [-0.15, -0.1) is 5.10 Å². The third kappa shape index (κ3) is 3.76. The molecule has 154 valence electrons. The summed E-state index contributed by atoms with van der Waals surface area (Å²) in [5.74, 6) is 0.540. The van der Waals surface area contributed by atoms with Crippen LogP contribution in [0.25, 0.3) is 21.9 Å². The van der Waals surface area contributed by atoms with Gasteiger partial charge in [-0.2, -0.15) is 0 Å². The molecule has 0 fully saturated rings. The second kappa shape index (κ2) is 7.54. The highest BCUT2D eigenvalue weighted by atomic mass is 35.5. The van der Waals surface area contributed by atoms with Crippen LogP contribution >= 0.6 is 23.2 Å². The Bertz CT molecular complexity index is 1490. The van der Waals surface area contributed by atoms with E-state index in [1.54, 1.807) is 30.3 Å². The maximum absolute atomic E-state index is 11.6. The van der Waals surface area contributed by atoms with Gasteiger partial charge in [-0.25, -0.2) is 4.79 Å². The third-order valence-corrected chi connectivity index (χ3v) is 5.04. The van der Waals surface area contributed by atoms with E-state index in [2.05, 4.69) is 15.5 Å². The SMILES string of the molecule is O=c1cc(O)c2ccc(Oc3n[nH]c4cccc(Nc5cc(Cl)cc(Cl)c5)c34)cc2o1. The molecule has 5 aromatic rings. The van der Waals surface area contributed by atoms with Gasteiger partial charge in [-0.1, -0.05) is 29.3 Å². The van der Waals surface area contributed by atoms with Gasteiger partial charge in [0.15, 0.2) is 0 Å². The predicted octanol–water partition coefficient (Wildman–Crippen LogP) is 6.22. The molecule has 0 unspecified atom stereocenters. The molecule has 0 saturated carbocycles. The summed E-state index contributed by atoms with van der Waals surface area (Å²) in [5.41, 5.74) is 1.73. The van der Waals surface area contributed by atoms with E-state index in [-0.39, 0.29) is 11.3 Å². The summed E-state index contributed by atoms with van der Waals surface area (Å²) in [5, 5.41) is 22.5. The topological polar surface area (TPSA) is 100 Å². The van der Waals surface area contributed by atoms with Crippen LogP contribution in [-0.2, 0) is 0 Å². The van der Waals surface area contributed by atoms with Crippen molar-refractivity contribution >= 4 is 56.4 Å². The van der Waals surface area contributed by atoms with Crippen LogP contribution in [0.4, 0.5) is 11.4 Å². The van der Waals surface area contributed by atoms with Gasteiger partial charge in [0.2, 0.25) is 5.88 Å². The van der Waals surface area contributed by atoms with Crippen LogP contribution in [0.15, 0.2) is 69.9 Å². The molecular weight excluding hydrogens is 441 g/mol. The number of benzene rings is 3. The molecule has 0 amide bonds. The number of hydrogen-bond donors (Lipinski definition) is 3. The third-order valence-electron chi connectivity index (χ3n) is 4.61. The molecule has 0 radical (unpaired) electrons. The number of aromatic nitrogens is 2. The molecule has 2 aromatic heterocycles. The smallest absolute Gasteiger partial charge is 0.339 e. The fourth-order valence-electron chi connectivity index (χ4n) is 3.30. The number of ether oxygens (including phenoxy) is 1. The molecule has 0 atom stereocenters. The minimum Gasteiger partial charge on any atom is -0.507 e. The number of aromatic amines is 1. The predicted molar refractivity (Wildman–Crippen MR) is 120 cm³/mol. The molecule has 2 heterocycles. The van der Waals surface area contributed by atoms with Gasteiger partial charge in [0.1, 0.15) is 17.1 Å². The van der Waals surface area contributed by atoms with Crippen molar-refractivity contribution in [3.05, 3.63) is 81.1 Å².